The third kappa shape index (κ3) is 3.19. The van der Waals surface area contributed by atoms with E-state index in [1.54, 1.807) is 0 Å². The Morgan fingerprint density at radius 1 is 1.29 bits per heavy atom. The molecule has 1 aliphatic heterocycles. The minimum atomic E-state index is -0.944. The Hall–Kier alpha value is -2.22. The maximum Gasteiger partial charge on any atom is 0.233 e. The molecule has 2 aromatic rings. The number of carbonyl (C=O) groups excluding carboxylic acids is 1. The van der Waals surface area contributed by atoms with Crippen molar-refractivity contribution in [2.45, 2.75) is 31.5 Å². The molecule has 5 nitrogen and oxygen atoms in total. The van der Waals surface area contributed by atoms with Gasteiger partial charge in [0.05, 0.1) is 13.0 Å². The summed E-state index contributed by atoms with van der Waals surface area (Å²) < 4.78 is 26.4. The predicted molar refractivity (Wildman–Crippen MR) is 88.7 cm³/mol. The second-order valence-corrected chi connectivity index (χ2v) is 6.51. The van der Waals surface area contributed by atoms with Gasteiger partial charge in [0, 0.05) is 11.3 Å². The van der Waals surface area contributed by atoms with Gasteiger partial charge in [-0.2, -0.15) is 0 Å². The van der Waals surface area contributed by atoms with Crippen LogP contribution in [-0.4, -0.2) is 21.6 Å². The summed E-state index contributed by atoms with van der Waals surface area (Å²) in [4.78, 5) is 22.4. The first-order valence-electron chi connectivity index (χ1n) is 7.53. The summed E-state index contributed by atoms with van der Waals surface area (Å²) >= 11 is 1.46. The third-order valence-corrected chi connectivity index (χ3v) is 4.69. The van der Waals surface area contributed by atoms with Crippen LogP contribution in [-0.2, 0) is 17.8 Å². The Balaban J connectivity index is 1.92. The van der Waals surface area contributed by atoms with E-state index in [1.807, 2.05) is 6.92 Å². The first-order chi connectivity index (χ1) is 11.5. The van der Waals surface area contributed by atoms with E-state index in [0.717, 1.165) is 24.3 Å². The van der Waals surface area contributed by atoms with Gasteiger partial charge in [-0.1, -0.05) is 24.8 Å². The van der Waals surface area contributed by atoms with Crippen LogP contribution in [0, 0.1) is 11.6 Å². The van der Waals surface area contributed by atoms with Gasteiger partial charge in [0.25, 0.3) is 0 Å². The molecule has 0 unspecified atom stereocenters. The van der Waals surface area contributed by atoms with Gasteiger partial charge in [-0.05, 0) is 24.1 Å². The molecule has 0 saturated heterocycles. The van der Waals surface area contributed by atoms with Gasteiger partial charge < -0.3 is 5.73 Å². The molecule has 1 aromatic heterocycles. The number of hydrogen-bond donors (Lipinski definition) is 1. The molecular weight excluding hydrogens is 334 g/mol. The van der Waals surface area contributed by atoms with E-state index in [-0.39, 0.29) is 18.9 Å². The molecule has 2 heterocycles. The standard InChI is InChI=1S/C16H16F2N4OS/c1-2-5-24-16-20-14(19)10-7-13(23)22(15(10)21-16)8-9-3-4-11(17)12(18)6-9/h3-4,6H,2,5,7-8H2,1H3,(H2,19,20,21). The number of nitrogen functional groups attached to an aromatic ring is 1. The summed E-state index contributed by atoms with van der Waals surface area (Å²) in [5, 5.41) is 0.512. The molecule has 24 heavy (non-hydrogen) atoms. The molecule has 0 radical (unpaired) electrons. The van der Waals surface area contributed by atoms with Crippen LogP contribution in [0.5, 0.6) is 0 Å². The Bertz CT molecular complexity index is 800. The molecule has 8 heteroatoms. The highest BCUT2D eigenvalue weighted by Gasteiger charge is 2.32. The van der Waals surface area contributed by atoms with Crippen LogP contribution in [0.2, 0.25) is 0 Å². The molecule has 3 rings (SSSR count). The average molecular weight is 350 g/mol. The number of anilines is 2. The lowest BCUT2D eigenvalue weighted by Crippen LogP contribution is -2.26. The number of carbonyl (C=O) groups is 1. The molecule has 2 N–H and O–H groups in total. The van der Waals surface area contributed by atoms with Gasteiger partial charge in [-0.15, -0.1) is 0 Å². The Morgan fingerprint density at radius 2 is 2.08 bits per heavy atom. The number of fused-ring (bicyclic) bond motifs is 1. The van der Waals surface area contributed by atoms with Gasteiger partial charge in [0.2, 0.25) is 5.91 Å². The SMILES string of the molecule is CCCSc1nc(N)c2c(n1)N(Cc1ccc(F)c(F)c1)C(=O)C2. The van der Waals surface area contributed by atoms with Crippen molar-refractivity contribution in [1.82, 2.24) is 9.97 Å². The first-order valence-corrected chi connectivity index (χ1v) is 8.51. The van der Waals surface area contributed by atoms with E-state index in [0.29, 0.717) is 27.9 Å². The van der Waals surface area contributed by atoms with Crippen molar-refractivity contribution in [2.75, 3.05) is 16.4 Å². The molecule has 126 valence electrons. The van der Waals surface area contributed by atoms with Crippen molar-refractivity contribution < 1.29 is 13.6 Å². The Morgan fingerprint density at radius 3 is 2.79 bits per heavy atom. The molecule has 0 bridgehead atoms. The monoisotopic (exact) mass is 350 g/mol. The zero-order valence-corrected chi connectivity index (χ0v) is 13.9. The number of benzene rings is 1. The second-order valence-electron chi connectivity index (χ2n) is 5.45. The van der Waals surface area contributed by atoms with Crippen LogP contribution in [0.4, 0.5) is 20.4 Å². The van der Waals surface area contributed by atoms with Crippen LogP contribution < -0.4 is 10.6 Å². The fourth-order valence-corrected chi connectivity index (χ4v) is 3.17. The first kappa shape index (κ1) is 16.6. The smallest absolute Gasteiger partial charge is 0.233 e. The van der Waals surface area contributed by atoms with E-state index in [1.165, 1.54) is 22.7 Å². The number of halogens is 2. The van der Waals surface area contributed by atoms with Crippen molar-refractivity contribution >= 4 is 29.3 Å². The number of nitrogens with zero attached hydrogens (tertiary/aromatic N) is 3. The highest BCUT2D eigenvalue weighted by molar-refractivity contribution is 7.99. The van der Waals surface area contributed by atoms with Crippen LogP contribution in [0.25, 0.3) is 0 Å². The summed E-state index contributed by atoms with van der Waals surface area (Å²) in [5.41, 5.74) is 7.02. The maximum atomic E-state index is 13.4. The number of nitrogens with two attached hydrogens (primary N) is 1. The van der Waals surface area contributed by atoms with E-state index >= 15 is 0 Å². The molecule has 0 aliphatic carbocycles. The number of thioether (sulfide) groups is 1. The van der Waals surface area contributed by atoms with Crippen LogP contribution in [0.3, 0.4) is 0 Å². The average Bonchev–Trinajstić information content (AvgIpc) is 2.86. The van der Waals surface area contributed by atoms with E-state index in [4.69, 9.17) is 5.73 Å². The highest BCUT2D eigenvalue weighted by atomic mass is 32.2. The minimum Gasteiger partial charge on any atom is -0.383 e. The molecule has 0 saturated carbocycles. The Labute approximate surface area is 142 Å². The van der Waals surface area contributed by atoms with Gasteiger partial charge in [-0.25, -0.2) is 18.7 Å². The summed E-state index contributed by atoms with van der Waals surface area (Å²) in [6, 6.07) is 3.57. The summed E-state index contributed by atoms with van der Waals surface area (Å²) in [6.45, 7) is 2.15. The second kappa shape index (κ2) is 6.72. The largest absolute Gasteiger partial charge is 0.383 e. The molecular formula is C16H16F2N4OS. The maximum absolute atomic E-state index is 13.4. The fourth-order valence-electron chi connectivity index (χ4n) is 2.47. The molecule has 0 spiro atoms. The van der Waals surface area contributed by atoms with Gasteiger partial charge in [0.15, 0.2) is 16.8 Å². The van der Waals surface area contributed by atoms with Crippen molar-refractivity contribution in [3.63, 3.8) is 0 Å². The molecule has 1 aliphatic rings. The van der Waals surface area contributed by atoms with Crippen molar-refractivity contribution in [3.8, 4) is 0 Å². The minimum absolute atomic E-state index is 0.109. The van der Waals surface area contributed by atoms with E-state index in [9.17, 15) is 13.6 Å². The zero-order chi connectivity index (χ0) is 17.3. The number of hydrogen-bond acceptors (Lipinski definition) is 5. The van der Waals surface area contributed by atoms with Crippen molar-refractivity contribution in [2.24, 2.45) is 0 Å². The van der Waals surface area contributed by atoms with Crippen molar-refractivity contribution in [1.29, 1.82) is 0 Å². The number of amides is 1. The molecule has 1 aromatic carbocycles. The van der Waals surface area contributed by atoms with Crippen molar-refractivity contribution in [3.05, 3.63) is 41.0 Å². The van der Waals surface area contributed by atoms with E-state index < -0.39 is 11.6 Å². The lowest BCUT2D eigenvalue weighted by Gasteiger charge is -2.17. The van der Waals surface area contributed by atoms with Gasteiger partial charge >= 0.3 is 0 Å². The lowest BCUT2D eigenvalue weighted by molar-refractivity contribution is -0.117. The highest BCUT2D eigenvalue weighted by Crippen LogP contribution is 2.33. The zero-order valence-electron chi connectivity index (χ0n) is 13.1. The van der Waals surface area contributed by atoms with Gasteiger partial charge in [-0.3, -0.25) is 9.69 Å². The third-order valence-electron chi connectivity index (χ3n) is 3.64. The van der Waals surface area contributed by atoms with E-state index in [2.05, 4.69) is 9.97 Å². The quantitative estimate of drug-likeness (QED) is 0.663. The van der Waals surface area contributed by atoms with Crippen LogP contribution in [0.15, 0.2) is 23.4 Å². The van der Waals surface area contributed by atoms with Crippen LogP contribution >= 0.6 is 11.8 Å². The van der Waals surface area contributed by atoms with Gasteiger partial charge in [0.1, 0.15) is 11.6 Å². The van der Waals surface area contributed by atoms with Crippen LogP contribution in [0.1, 0.15) is 24.5 Å². The number of rotatable bonds is 5. The predicted octanol–water partition coefficient (Wildman–Crippen LogP) is 2.93. The summed E-state index contributed by atoms with van der Waals surface area (Å²) in [6.07, 6.45) is 1.08. The number of aromatic nitrogens is 2. The topological polar surface area (TPSA) is 72.1 Å². The summed E-state index contributed by atoms with van der Waals surface area (Å²) in [7, 11) is 0. The fraction of sp³-hybridized carbons (Fsp3) is 0.312. The molecule has 0 fully saturated rings. The molecule has 0 atom stereocenters. The summed E-state index contributed by atoms with van der Waals surface area (Å²) in [5.74, 6) is -0.462. The molecule has 1 amide bonds. The Kier molecular flexibility index (Phi) is 4.66. The lowest BCUT2D eigenvalue weighted by atomic mass is 10.2. The normalized spacial score (nSPS) is 13.5.